The second kappa shape index (κ2) is 7.21. The first kappa shape index (κ1) is 16.9. The molecule has 1 aromatic rings. The molecule has 1 aromatic carbocycles. The zero-order chi connectivity index (χ0) is 16.2. The molecule has 1 saturated heterocycles. The van der Waals surface area contributed by atoms with Crippen molar-refractivity contribution < 1.29 is 17.9 Å². The molecule has 6 nitrogen and oxygen atoms in total. The molecule has 0 aliphatic carbocycles. The van der Waals surface area contributed by atoms with Gasteiger partial charge < -0.3 is 9.64 Å². The van der Waals surface area contributed by atoms with Gasteiger partial charge in [0.1, 0.15) is 0 Å². The van der Waals surface area contributed by atoms with Gasteiger partial charge in [-0.3, -0.25) is 4.79 Å². The van der Waals surface area contributed by atoms with Gasteiger partial charge in [-0.2, -0.15) is 0 Å². The first-order valence-electron chi connectivity index (χ1n) is 7.24. The van der Waals surface area contributed by atoms with Gasteiger partial charge in [0.25, 0.3) is 5.91 Å². The van der Waals surface area contributed by atoms with E-state index in [2.05, 4.69) is 4.72 Å². The highest BCUT2D eigenvalue weighted by molar-refractivity contribution is 7.88. The zero-order valence-electron chi connectivity index (χ0n) is 12.9. The van der Waals surface area contributed by atoms with Crippen molar-refractivity contribution in [2.45, 2.75) is 25.5 Å². The van der Waals surface area contributed by atoms with Crippen LogP contribution in [0.4, 0.5) is 0 Å². The molecular formula is C15H22N2O4S. The summed E-state index contributed by atoms with van der Waals surface area (Å²) in [5.74, 6) is -0.0762. The minimum atomic E-state index is -3.26. The number of piperidine rings is 1. The van der Waals surface area contributed by atoms with Crippen LogP contribution in [-0.2, 0) is 21.4 Å². The van der Waals surface area contributed by atoms with Crippen LogP contribution in [0.1, 0.15) is 28.8 Å². The number of nitrogens with zero attached hydrogens (tertiary/aromatic N) is 1. The highest BCUT2D eigenvalue weighted by Gasteiger charge is 2.27. The van der Waals surface area contributed by atoms with Crippen LogP contribution in [0.15, 0.2) is 24.3 Å². The molecule has 7 heteroatoms. The van der Waals surface area contributed by atoms with Crippen molar-refractivity contribution in [3.8, 4) is 0 Å². The van der Waals surface area contributed by atoms with E-state index in [4.69, 9.17) is 4.74 Å². The first-order valence-corrected chi connectivity index (χ1v) is 9.13. The molecule has 122 valence electrons. The Labute approximate surface area is 131 Å². The summed E-state index contributed by atoms with van der Waals surface area (Å²) >= 11 is 0. The average Bonchev–Trinajstić information content (AvgIpc) is 2.46. The fourth-order valence-corrected chi connectivity index (χ4v) is 3.54. The minimum Gasteiger partial charge on any atom is -0.380 e. The number of benzene rings is 1. The summed E-state index contributed by atoms with van der Waals surface area (Å²) in [5, 5.41) is 0. The van der Waals surface area contributed by atoms with E-state index in [0.29, 0.717) is 25.3 Å². The quantitative estimate of drug-likeness (QED) is 0.875. The van der Waals surface area contributed by atoms with Gasteiger partial charge >= 0.3 is 0 Å². The Morgan fingerprint density at radius 1 is 1.41 bits per heavy atom. The predicted molar refractivity (Wildman–Crippen MR) is 84.1 cm³/mol. The van der Waals surface area contributed by atoms with Crippen LogP contribution in [0, 0.1) is 0 Å². The van der Waals surface area contributed by atoms with Crippen molar-refractivity contribution in [3.05, 3.63) is 35.4 Å². The van der Waals surface area contributed by atoms with Gasteiger partial charge in [0.15, 0.2) is 0 Å². The third-order valence-corrected chi connectivity index (χ3v) is 4.40. The molecule has 0 aromatic heterocycles. The van der Waals surface area contributed by atoms with Gasteiger partial charge in [0, 0.05) is 31.8 Å². The van der Waals surface area contributed by atoms with E-state index >= 15 is 0 Å². The lowest BCUT2D eigenvalue weighted by molar-refractivity contribution is 0.0698. The number of ether oxygens (including phenoxy) is 1. The fraction of sp³-hybridized carbons (Fsp3) is 0.533. The topological polar surface area (TPSA) is 75.7 Å². The minimum absolute atomic E-state index is 0.0762. The first-order chi connectivity index (χ1) is 10.4. The number of methoxy groups -OCH3 is 1. The lowest BCUT2D eigenvalue weighted by Gasteiger charge is -2.33. The van der Waals surface area contributed by atoms with Crippen molar-refractivity contribution in [2.24, 2.45) is 0 Å². The second-order valence-corrected chi connectivity index (χ2v) is 7.35. The molecule has 0 saturated carbocycles. The molecule has 0 radical (unpaired) electrons. The van der Waals surface area contributed by atoms with Crippen LogP contribution in [-0.4, -0.2) is 51.7 Å². The van der Waals surface area contributed by atoms with Crippen molar-refractivity contribution in [2.75, 3.05) is 26.5 Å². The van der Waals surface area contributed by atoms with Crippen LogP contribution in [0.25, 0.3) is 0 Å². The number of carbonyl (C=O) groups is 1. The second-order valence-electron chi connectivity index (χ2n) is 5.57. The maximum absolute atomic E-state index is 12.7. The van der Waals surface area contributed by atoms with Crippen LogP contribution >= 0.6 is 0 Å². The summed E-state index contributed by atoms with van der Waals surface area (Å²) in [4.78, 5) is 14.4. The van der Waals surface area contributed by atoms with E-state index in [9.17, 15) is 13.2 Å². The molecule has 1 unspecified atom stereocenters. The van der Waals surface area contributed by atoms with Crippen molar-refractivity contribution in [1.82, 2.24) is 9.62 Å². The summed E-state index contributed by atoms with van der Waals surface area (Å²) in [6, 6.07) is 7.12. The zero-order valence-corrected chi connectivity index (χ0v) is 13.7. The van der Waals surface area contributed by atoms with E-state index in [-0.39, 0.29) is 11.9 Å². The van der Waals surface area contributed by atoms with Crippen LogP contribution in [0.5, 0.6) is 0 Å². The van der Waals surface area contributed by atoms with Gasteiger partial charge in [-0.15, -0.1) is 0 Å². The summed E-state index contributed by atoms with van der Waals surface area (Å²) in [7, 11) is -1.67. The molecule has 22 heavy (non-hydrogen) atoms. The molecule has 1 fully saturated rings. The number of carbonyl (C=O) groups excluding carboxylic acids is 1. The number of sulfonamides is 1. The van der Waals surface area contributed by atoms with E-state index in [0.717, 1.165) is 24.7 Å². The average molecular weight is 326 g/mol. The van der Waals surface area contributed by atoms with Gasteiger partial charge in [-0.05, 0) is 24.5 Å². The van der Waals surface area contributed by atoms with Gasteiger partial charge in [0.2, 0.25) is 10.0 Å². The molecule has 2 rings (SSSR count). The smallest absolute Gasteiger partial charge is 0.254 e. The Hall–Kier alpha value is -1.44. The third-order valence-electron chi connectivity index (χ3n) is 3.64. The van der Waals surface area contributed by atoms with E-state index in [1.807, 2.05) is 18.2 Å². The maximum atomic E-state index is 12.7. The molecule has 0 spiro atoms. The van der Waals surface area contributed by atoms with Crippen LogP contribution < -0.4 is 4.72 Å². The standard InChI is InChI=1S/C15H22N2O4S/c1-21-11-12-6-3-4-8-14(12)15(18)17-9-5-7-13(10-17)16-22(2,19)20/h3-4,6,8,13,16H,5,7,9-11H2,1-2H3. The molecule has 1 atom stereocenters. The number of nitrogens with one attached hydrogen (secondary N) is 1. The Balaban J connectivity index is 2.12. The number of hydrogen-bond donors (Lipinski definition) is 1. The lowest BCUT2D eigenvalue weighted by atomic mass is 10.0. The largest absolute Gasteiger partial charge is 0.380 e. The normalized spacial score (nSPS) is 19.2. The monoisotopic (exact) mass is 326 g/mol. The molecule has 1 heterocycles. The third kappa shape index (κ3) is 4.53. The number of amides is 1. The van der Waals surface area contributed by atoms with Gasteiger partial charge in [0.05, 0.1) is 12.9 Å². The molecule has 1 aliphatic rings. The number of rotatable bonds is 5. The maximum Gasteiger partial charge on any atom is 0.254 e. The van der Waals surface area contributed by atoms with Gasteiger partial charge in [-0.25, -0.2) is 13.1 Å². The van der Waals surface area contributed by atoms with E-state index < -0.39 is 10.0 Å². The molecule has 0 bridgehead atoms. The molecular weight excluding hydrogens is 304 g/mol. The fourth-order valence-electron chi connectivity index (χ4n) is 2.74. The molecule has 1 amide bonds. The van der Waals surface area contributed by atoms with E-state index in [1.165, 1.54) is 0 Å². The Morgan fingerprint density at radius 3 is 2.82 bits per heavy atom. The Bertz CT molecular complexity index is 630. The van der Waals surface area contributed by atoms with Gasteiger partial charge in [-0.1, -0.05) is 18.2 Å². The van der Waals surface area contributed by atoms with Crippen molar-refractivity contribution >= 4 is 15.9 Å². The van der Waals surface area contributed by atoms with Crippen molar-refractivity contribution in [1.29, 1.82) is 0 Å². The lowest BCUT2D eigenvalue weighted by Crippen LogP contribution is -2.49. The highest BCUT2D eigenvalue weighted by atomic mass is 32.2. The summed E-state index contributed by atoms with van der Waals surface area (Å²) in [5.41, 5.74) is 1.46. The van der Waals surface area contributed by atoms with Crippen molar-refractivity contribution in [3.63, 3.8) is 0 Å². The molecule has 1 aliphatic heterocycles. The summed E-state index contributed by atoms with van der Waals surface area (Å²) < 4.78 is 30.4. The summed E-state index contributed by atoms with van der Waals surface area (Å²) in [6.07, 6.45) is 2.67. The highest BCUT2D eigenvalue weighted by Crippen LogP contribution is 2.17. The molecule has 1 N–H and O–H groups in total. The Morgan fingerprint density at radius 2 is 2.14 bits per heavy atom. The van der Waals surface area contributed by atoms with E-state index in [1.54, 1.807) is 18.1 Å². The van der Waals surface area contributed by atoms with Crippen LogP contribution in [0.3, 0.4) is 0 Å². The SMILES string of the molecule is COCc1ccccc1C(=O)N1CCCC(NS(C)(=O)=O)C1. The Kier molecular flexibility index (Phi) is 5.55. The summed E-state index contributed by atoms with van der Waals surface area (Å²) in [6.45, 7) is 1.41. The number of hydrogen-bond acceptors (Lipinski definition) is 4. The number of likely N-dealkylation sites (tertiary alicyclic amines) is 1. The predicted octanol–water partition coefficient (Wildman–Crippen LogP) is 0.987. The van der Waals surface area contributed by atoms with Crippen LogP contribution in [0.2, 0.25) is 0 Å².